The fraction of sp³-hybridized carbons (Fsp3) is 0.0714. The Balaban J connectivity index is 2.25. The third-order valence-corrected chi connectivity index (χ3v) is 2.93. The molecular formula is C14H12ClNO4. The van der Waals surface area contributed by atoms with Gasteiger partial charge < -0.3 is 20.6 Å². The van der Waals surface area contributed by atoms with Crippen LogP contribution in [0.5, 0.6) is 0 Å². The van der Waals surface area contributed by atoms with Gasteiger partial charge in [0.05, 0.1) is 5.56 Å². The molecule has 0 heterocycles. The second-order valence-electron chi connectivity index (χ2n) is 4.19. The molecule has 2 aromatic rings. The molecule has 0 aromatic heterocycles. The average Bonchev–Trinajstić information content (AvgIpc) is 2.39. The van der Waals surface area contributed by atoms with Gasteiger partial charge in [0.25, 0.3) is 5.91 Å². The minimum Gasteiger partial charge on any atom is -0.478 e. The van der Waals surface area contributed by atoms with Crippen LogP contribution in [0.15, 0.2) is 48.5 Å². The van der Waals surface area contributed by atoms with E-state index in [0.29, 0.717) is 5.02 Å². The number of anilines is 1. The third kappa shape index (κ3) is 3.27. The Morgan fingerprint density at radius 1 is 1.10 bits per heavy atom. The minimum absolute atomic E-state index is 0.0434. The van der Waals surface area contributed by atoms with Gasteiger partial charge in [0, 0.05) is 16.3 Å². The number of carbonyl (C=O) groups is 1. The second-order valence-corrected chi connectivity index (χ2v) is 4.63. The second kappa shape index (κ2) is 5.50. The SMILES string of the molecule is O=C(O)c1cccc(NC(O)(O)c2ccc(Cl)cc2)c1. The first kappa shape index (κ1) is 14.3. The van der Waals surface area contributed by atoms with Crippen molar-refractivity contribution in [3.05, 3.63) is 64.7 Å². The van der Waals surface area contributed by atoms with E-state index in [-0.39, 0.29) is 16.8 Å². The molecule has 2 aromatic carbocycles. The number of halogens is 1. The van der Waals surface area contributed by atoms with Crippen LogP contribution in [0.3, 0.4) is 0 Å². The topological polar surface area (TPSA) is 89.8 Å². The average molecular weight is 294 g/mol. The highest BCUT2D eigenvalue weighted by molar-refractivity contribution is 6.30. The Bertz CT molecular complexity index is 625. The van der Waals surface area contributed by atoms with Crippen LogP contribution in [0.1, 0.15) is 15.9 Å². The van der Waals surface area contributed by atoms with Crippen molar-refractivity contribution in [2.24, 2.45) is 0 Å². The molecule has 104 valence electrons. The molecule has 0 aliphatic carbocycles. The summed E-state index contributed by atoms with van der Waals surface area (Å²) in [5.41, 5.74) is 0.495. The van der Waals surface area contributed by atoms with E-state index in [1.165, 1.54) is 48.5 Å². The predicted octanol–water partition coefficient (Wildman–Crippen LogP) is 2.25. The van der Waals surface area contributed by atoms with E-state index in [9.17, 15) is 15.0 Å². The molecule has 0 amide bonds. The van der Waals surface area contributed by atoms with Crippen molar-refractivity contribution in [2.75, 3.05) is 5.32 Å². The van der Waals surface area contributed by atoms with Crippen molar-refractivity contribution in [1.29, 1.82) is 0 Å². The van der Waals surface area contributed by atoms with Crippen LogP contribution >= 0.6 is 11.6 Å². The molecule has 20 heavy (non-hydrogen) atoms. The van der Waals surface area contributed by atoms with Crippen molar-refractivity contribution in [2.45, 2.75) is 5.91 Å². The van der Waals surface area contributed by atoms with Gasteiger partial charge in [-0.15, -0.1) is 0 Å². The van der Waals surface area contributed by atoms with Gasteiger partial charge in [0.15, 0.2) is 0 Å². The van der Waals surface area contributed by atoms with Crippen LogP contribution in [-0.2, 0) is 5.91 Å². The van der Waals surface area contributed by atoms with E-state index < -0.39 is 11.9 Å². The minimum atomic E-state index is -2.33. The van der Waals surface area contributed by atoms with Gasteiger partial charge >= 0.3 is 5.97 Å². The molecule has 0 atom stereocenters. The lowest BCUT2D eigenvalue weighted by atomic mass is 10.1. The van der Waals surface area contributed by atoms with Crippen LogP contribution in [0.25, 0.3) is 0 Å². The first-order chi connectivity index (χ1) is 9.38. The summed E-state index contributed by atoms with van der Waals surface area (Å²) in [5.74, 6) is -3.43. The van der Waals surface area contributed by atoms with Gasteiger partial charge in [-0.05, 0) is 30.3 Å². The molecule has 0 saturated carbocycles. The van der Waals surface area contributed by atoms with E-state index in [4.69, 9.17) is 16.7 Å². The van der Waals surface area contributed by atoms with Gasteiger partial charge in [-0.25, -0.2) is 4.79 Å². The number of hydrogen-bond acceptors (Lipinski definition) is 4. The quantitative estimate of drug-likeness (QED) is 0.649. The highest BCUT2D eigenvalue weighted by Crippen LogP contribution is 2.23. The molecule has 4 N–H and O–H groups in total. The normalized spacial score (nSPS) is 11.2. The first-order valence-corrected chi connectivity index (χ1v) is 6.08. The number of carboxylic acid groups (broad SMARTS) is 1. The maximum Gasteiger partial charge on any atom is 0.335 e. The molecule has 0 spiro atoms. The lowest BCUT2D eigenvalue weighted by Crippen LogP contribution is -2.34. The number of benzene rings is 2. The Labute approximate surface area is 120 Å². The summed E-state index contributed by atoms with van der Waals surface area (Å²) in [5, 5.41) is 31.8. The largest absolute Gasteiger partial charge is 0.478 e. The first-order valence-electron chi connectivity index (χ1n) is 5.71. The lowest BCUT2D eigenvalue weighted by molar-refractivity contribution is -0.143. The summed E-state index contributed by atoms with van der Waals surface area (Å²) in [6.45, 7) is 0. The van der Waals surface area contributed by atoms with Crippen LogP contribution in [0.2, 0.25) is 5.02 Å². The number of aliphatic hydroxyl groups is 2. The third-order valence-electron chi connectivity index (χ3n) is 2.67. The molecule has 0 saturated heterocycles. The summed E-state index contributed by atoms with van der Waals surface area (Å²) >= 11 is 5.73. The Hall–Kier alpha value is -2.08. The Kier molecular flexibility index (Phi) is 3.94. The fourth-order valence-electron chi connectivity index (χ4n) is 1.69. The van der Waals surface area contributed by atoms with Crippen molar-refractivity contribution in [3.63, 3.8) is 0 Å². The Morgan fingerprint density at radius 3 is 2.35 bits per heavy atom. The summed E-state index contributed by atoms with van der Waals surface area (Å²) in [7, 11) is 0. The van der Waals surface area contributed by atoms with Gasteiger partial charge in [0.2, 0.25) is 0 Å². The highest BCUT2D eigenvalue weighted by Gasteiger charge is 2.25. The molecule has 0 aliphatic heterocycles. The van der Waals surface area contributed by atoms with E-state index >= 15 is 0 Å². The van der Waals surface area contributed by atoms with Crippen molar-refractivity contribution in [3.8, 4) is 0 Å². The molecule has 0 bridgehead atoms. The van der Waals surface area contributed by atoms with Crippen molar-refractivity contribution >= 4 is 23.3 Å². The van der Waals surface area contributed by atoms with Gasteiger partial charge in [0.1, 0.15) is 0 Å². The summed E-state index contributed by atoms with van der Waals surface area (Å²) < 4.78 is 0. The van der Waals surface area contributed by atoms with E-state index in [1.807, 2.05) is 0 Å². The smallest absolute Gasteiger partial charge is 0.335 e. The summed E-state index contributed by atoms with van der Waals surface area (Å²) in [4.78, 5) is 10.9. The van der Waals surface area contributed by atoms with Gasteiger partial charge in [-0.3, -0.25) is 0 Å². The lowest BCUT2D eigenvalue weighted by Gasteiger charge is -2.24. The zero-order valence-corrected chi connectivity index (χ0v) is 11.0. The van der Waals surface area contributed by atoms with Crippen LogP contribution in [0, 0.1) is 0 Å². The molecule has 0 unspecified atom stereocenters. The number of carboxylic acids is 1. The number of rotatable bonds is 4. The zero-order valence-electron chi connectivity index (χ0n) is 10.2. The fourth-order valence-corrected chi connectivity index (χ4v) is 1.81. The molecule has 0 radical (unpaired) electrons. The predicted molar refractivity (Wildman–Crippen MR) is 74.6 cm³/mol. The highest BCUT2D eigenvalue weighted by atomic mass is 35.5. The molecule has 2 rings (SSSR count). The standard InChI is InChI=1S/C14H12ClNO4/c15-11-6-4-10(5-7-11)14(19,20)16-12-3-1-2-9(8-12)13(17)18/h1-8,16,19-20H,(H,17,18). The van der Waals surface area contributed by atoms with Gasteiger partial charge in [-0.1, -0.05) is 29.8 Å². The van der Waals surface area contributed by atoms with Crippen LogP contribution < -0.4 is 5.32 Å². The van der Waals surface area contributed by atoms with Crippen LogP contribution in [0.4, 0.5) is 5.69 Å². The summed E-state index contributed by atoms with van der Waals surface area (Å²) in [6.07, 6.45) is 0. The maximum absolute atomic E-state index is 10.9. The van der Waals surface area contributed by atoms with Crippen molar-refractivity contribution in [1.82, 2.24) is 0 Å². The molecule has 0 fully saturated rings. The molecule has 6 heteroatoms. The number of hydrogen-bond donors (Lipinski definition) is 4. The molecule has 0 aliphatic rings. The van der Waals surface area contributed by atoms with E-state index in [2.05, 4.69) is 5.32 Å². The van der Waals surface area contributed by atoms with E-state index in [1.54, 1.807) is 0 Å². The maximum atomic E-state index is 10.9. The van der Waals surface area contributed by atoms with Gasteiger partial charge in [-0.2, -0.15) is 0 Å². The zero-order chi connectivity index (χ0) is 14.8. The molecule has 5 nitrogen and oxygen atoms in total. The molecular weight excluding hydrogens is 282 g/mol. The monoisotopic (exact) mass is 293 g/mol. The number of aromatic carboxylic acids is 1. The van der Waals surface area contributed by atoms with Crippen molar-refractivity contribution < 1.29 is 20.1 Å². The van der Waals surface area contributed by atoms with Crippen LogP contribution in [-0.4, -0.2) is 21.3 Å². The summed E-state index contributed by atoms with van der Waals surface area (Å²) in [6, 6.07) is 11.7. The van der Waals surface area contributed by atoms with E-state index in [0.717, 1.165) is 0 Å². The number of nitrogens with one attached hydrogen (secondary N) is 1. The Morgan fingerprint density at radius 2 is 1.75 bits per heavy atom.